The van der Waals surface area contributed by atoms with E-state index < -0.39 is 0 Å². The molecule has 7 heteroatoms. The number of benzene rings is 1. The third-order valence-corrected chi connectivity index (χ3v) is 7.68. The summed E-state index contributed by atoms with van der Waals surface area (Å²) in [5, 5.41) is 3.77. The van der Waals surface area contributed by atoms with Gasteiger partial charge in [-0.05, 0) is 79.0 Å². The molecule has 0 saturated heterocycles. The lowest BCUT2D eigenvalue weighted by Crippen LogP contribution is -2.28. The molecule has 0 radical (unpaired) electrons. The van der Waals surface area contributed by atoms with Crippen LogP contribution in [0.1, 0.15) is 66.2 Å². The number of nitrogens with one attached hydrogen (secondary N) is 1. The first-order valence-corrected chi connectivity index (χ1v) is 12.9. The van der Waals surface area contributed by atoms with E-state index in [-0.39, 0.29) is 11.3 Å². The second-order valence-electron chi connectivity index (χ2n) is 9.85. The Labute approximate surface area is 211 Å². The predicted octanol–water partition coefficient (Wildman–Crippen LogP) is 6.58. The van der Waals surface area contributed by atoms with Crippen molar-refractivity contribution in [3.8, 4) is 11.5 Å². The highest BCUT2D eigenvalue weighted by atomic mass is 32.1. The zero-order valence-corrected chi connectivity index (χ0v) is 22.0. The van der Waals surface area contributed by atoms with E-state index in [4.69, 9.17) is 18.9 Å². The summed E-state index contributed by atoms with van der Waals surface area (Å²) in [6, 6.07) is 9.39. The molecule has 4 rings (SSSR count). The quantitative estimate of drug-likeness (QED) is 0.359. The second-order valence-corrected chi connectivity index (χ2v) is 10.9. The minimum Gasteiger partial charge on any atom is -0.493 e. The van der Waals surface area contributed by atoms with Crippen LogP contribution in [-0.4, -0.2) is 25.8 Å². The minimum atomic E-state index is -0.106. The molecule has 1 aliphatic carbocycles. The summed E-state index contributed by atoms with van der Waals surface area (Å²) in [5.74, 6) is 2.56. The molecule has 2 aromatic heterocycles. The summed E-state index contributed by atoms with van der Waals surface area (Å²) in [7, 11) is 1.63. The number of aliphatic imine (C=N–C) groups is 1. The highest BCUT2D eigenvalue weighted by molar-refractivity contribution is 7.16. The van der Waals surface area contributed by atoms with Gasteiger partial charge in [-0.15, -0.1) is 11.3 Å². The van der Waals surface area contributed by atoms with Crippen LogP contribution in [0.5, 0.6) is 11.5 Å². The number of carbonyl (C=O) groups excluding carboxylic acids is 1. The number of furan rings is 1. The van der Waals surface area contributed by atoms with E-state index in [2.05, 4.69) is 26.1 Å². The number of thiophene rings is 1. The number of hydrogen-bond acceptors (Lipinski definition) is 6. The molecule has 35 heavy (non-hydrogen) atoms. The summed E-state index contributed by atoms with van der Waals surface area (Å²) in [6.45, 7) is 9.72. The highest BCUT2D eigenvalue weighted by Gasteiger charge is 2.33. The van der Waals surface area contributed by atoms with Crippen molar-refractivity contribution >= 4 is 28.5 Å². The normalized spacial score (nSPS) is 15.7. The SMILES string of the molecule is CCOc1cc(C=Nc2sc3c(c2C(=O)NCc2ccco2)CC[C@@H](C(C)(C)C)C3)ccc1OC. The first kappa shape index (κ1) is 25.0. The van der Waals surface area contributed by atoms with Crippen LogP contribution in [0, 0.1) is 11.3 Å². The van der Waals surface area contributed by atoms with E-state index in [0.717, 1.165) is 41.2 Å². The fourth-order valence-electron chi connectivity index (χ4n) is 4.48. The van der Waals surface area contributed by atoms with E-state index in [1.807, 2.05) is 37.3 Å². The molecule has 0 saturated carbocycles. The summed E-state index contributed by atoms with van der Waals surface area (Å²) in [5.41, 5.74) is 2.95. The van der Waals surface area contributed by atoms with Crippen molar-refractivity contribution in [3.63, 3.8) is 0 Å². The molecule has 0 aliphatic heterocycles. The van der Waals surface area contributed by atoms with Crippen LogP contribution >= 0.6 is 11.3 Å². The maximum Gasteiger partial charge on any atom is 0.255 e. The molecule has 0 spiro atoms. The van der Waals surface area contributed by atoms with Gasteiger partial charge in [0.2, 0.25) is 0 Å². The second kappa shape index (κ2) is 10.7. The Bertz CT molecular complexity index is 1190. The summed E-state index contributed by atoms with van der Waals surface area (Å²) < 4.78 is 16.5. The number of hydrogen-bond donors (Lipinski definition) is 1. The Morgan fingerprint density at radius 3 is 2.80 bits per heavy atom. The number of fused-ring (bicyclic) bond motifs is 1. The lowest BCUT2D eigenvalue weighted by Gasteiger charge is -2.33. The van der Waals surface area contributed by atoms with Crippen LogP contribution in [0.15, 0.2) is 46.0 Å². The lowest BCUT2D eigenvalue weighted by molar-refractivity contribution is 0.0947. The van der Waals surface area contributed by atoms with Gasteiger partial charge < -0.3 is 19.2 Å². The molecule has 0 bridgehead atoms. The van der Waals surface area contributed by atoms with Gasteiger partial charge in [-0.1, -0.05) is 20.8 Å². The fraction of sp³-hybridized carbons (Fsp3) is 0.429. The van der Waals surface area contributed by atoms with Gasteiger partial charge in [0.15, 0.2) is 11.5 Å². The van der Waals surface area contributed by atoms with Gasteiger partial charge in [0, 0.05) is 11.1 Å². The van der Waals surface area contributed by atoms with Crippen molar-refractivity contribution in [3.05, 3.63) is 63.9 Å². The van der Waals surface area contributed by atoms with Crippen LogP contribution < -0.4 is 14.8 Å². The topological polar surface area (TPSA) is 73.1 Å². The molecule has 1 aromatic carbocycles. The molecule has 3 aromatic rings. The highest BCUT2D eigenvalue weighted by Crippen LogP contribution is 2.45. The van der Waals surface area contributed by atoms with Crippen molar-refractivity contribution in [1.82, 2.24) is 5.32 Å². The van der Waals surface area contributed by atoms with Gasteiger partial charge in [-0.25, -0.2) is 4.99 Å². The van der Waals surface area contributed by atoms with Gasteiger partial charge in [0.1, 0.15) is 10.8 Å². The zero-order chi connectivity index (χ0) is 25.0. The van der Waals surface area contributed by atoms with E-state index in [9.17, 15) is 4.79 Å². The third-order valence-electron chi connectivity index (χ3n) is 6.52. The number of nitrogens with zero attached hydrogens (tertiary/aromatic N) is 1. The molecule has 2 heterocycles. The Kier molecular flexibility index (Phi) is 7.65. The van der Waals surface area contributed by atoms with Crippen LogP contribution in [0.4, 0.5) is 5.00 Å². The van der Waals surface area contributed by atoms with E-state index in [1.54, 1.807) is 30.9 Å². The molecule has 6 nitrogen and oxygen atoms in total. The smallest absolute Gasteiger partial charge is 0.255 e. The zero-order valence-electron chi connectivity index (χ0n) is 21.1. The van der Waals surface area contributed by atoms with Gasteiger partial charge in [0.05, 0.1) is 32.1 Å². The van der Waals surface area contributed by atoms with E-state index in [0.29, 0.717) is 36.1 Å². The number of ether oxygens (including phenoxy) is 2. The van der Waals surface area contributed by atoms with Gasteiger partial charge in [-0.2, -0.15) is 0 Å². The Morgan fingerprint density at radius 1 is 1.29 bits per heavy atom. The average Bonchev–Trinajstić information content (AvgIpc) is 3.48. The van der Waals surface area contributed by atoms with E-state index >= 15 is 0 Å². The first-order chi connectivity index (χ1) is 16.8. The van der Waals surface area contributed by atoms with Crippen molar-refractivity contribution in [2.75, 3.05) is 13.7 Å². The van der Waals surface area contributed by atoms with Crippen molar-refractivity contribution < 1.29 is 18.7 Å². The van der Waals surface area contributed by atoms with Crippen molar-refractivity contribution in [2.45, 2.75) is 53.5 Å². The number of carbonyl (C=O) groups is 1. The Hall–Kier alpha value is -3.06. The van der Waals surface area contributed by atoms with E-state index in [1.165, 1.54) is 4.88 Å². The standard InChI is InChI=1S/C28H34N2O4S/c1-6-33-23-14-18(9-12-22(23)32-5)16-30-27-25(26(31)29-17-20-8-7-13-34-20)21-11-10-19(28(2,3)4)15-24(21)35-27/h7-9,12-14,16,19H,6,10-11,15,17H2,1-5H3,(H,29,31)/t19-/m1/s1. The largest absolute Gasteiger partial charge is 0.493 e. The number of methoxy groups -OCH3 is 1. The fourth-order valence-corrected chi connectivity index (χ4v) is 5.75. The summed E-state index contributed by atoms with van der Waals surface area (Å²) >= 11 is 1.64. The predicted molar refractivity (Wildman–Crippen MR) is 141 cm³/mol. The molecule has 1 atom stereocenters. The Morgan fingerprint density at radius 2 is 2.11 bits per heavy atom. The maximum atomic E-state index is 13.3. The molecular weight excluding hydrogens is 460 g/mol. The van der Waals surface area contributed by atoms with Crippen LogP contribution in [0.2, 0.25) is 0 Å². The van der Waals surface area contributed by atoms with Crippen molar-refractivity contribution in [2.24, 2.45) is 16.3 Å². The van der Waals surface area contributed by atoms with Crippen molar-refractivity contribution in [1.29, 1.82) is 0 Å². The molecule has 0 fully saturated rings. The summed E-state index contributed by atoms with van der Waals surface area (Å²) in [6.07, 6.45) is 6.36. The molecule has 1 aliphatic rings. The summed E-state index contributed by atoms with van der Waals surface area (Å²) in [4.78, 5) is 19.4. The van der Waals surface area contributed by atoms with Crippen LogP contribution in [0.3, 0.4) is 0 Å². The van der Waals surface area contributed by atoms with Gasteiger partial charge in [0.25, 0.3) is 5.91 Å². The van der Waals surface area contributed by atoms with Crippen LogP contribution in [0.25, 0.3) is 0 Å². The molecule has 1 N–H and O–H groups in total. The molecule has 1 amide bonds. The average molecular weight is 495 g/mol. The first-order valence-electron chi connectivity index (χ1n) is 12.1. The number of amides is 1. The van der Waals surface area contributed by atoms with Gasteiger partial charge >= 0.3 is 0 Å². The Balaban J connectivity index is 1.65. The number of rotatable bonds is 8. The van der Waals surface area contributed by atoms with Gasteiger partial charge in [-0.3, -0.25) is 4.79 Å². The maximum absolute atomic E-state index is 13.3. The lowest BCUT2D eigenvalue weighted by atomic mass is 9.72. The van der Waals surface area contributed by atoms with Crippen LogP contribution in [-0.2, 0) is 19.4 Å². The minimum absolute atomic E-state index is 0.106. The third kappa shape index (κ3) is 5.78. The molecule has 186 valence electrons. The monoisotopic (exact) mass is 494 g/mol. The molecule has 0 unspecified atom stereocenters. The molecular formula is C28H34N2O4S.